The predicted molar refractivity (Wildman–Crippen MR) is 41.6 cm³/mol. The molecule has 0 aromatic carbocycles. The summed E-state index contributed by atoms with van der Waals surface area (Å²) in [6.45, 7) is 1.76. The van der Waals surface area contributed by atoms with Crippen LogP contribution in [-0.4, -0.2) is 10.9 Å². The minimum Gasteiger partial charge on any atom is -1.00 e. The van der Waals surface area contributed by atoms with Gasteiger partial charge < -0.3 is 29.2 Å². The van der Waals surface area contributed by atoms with Crippen molar-refractivity contribution in [2.45, 2.75) is 6.92 Å². The van der Waals surface area contributed by atoms with Gasteiger partial charge in [0, 0.05) is 6.07 Å². The average molecular weight is 278 g/mol. The number of oxime groups is 1. The van der Waals surface area contributed by atoms with Crippen LogP contribution in [0.5, 0.6) is 0 Å². The van der Waals surface area contributed by atoms with E-state index in [1.165, 1.54) is 0 Å². The number of hydrogen-bond acceptors (Lipinski definition) is 2. The van der Waals surface area contributed by atoms with E-state index in [1.807, 2.05) is 36.1 Å². The third-order valence-electron chi connectivity index (χ3n) is 1.51. The van der Waals surface area contributed by atoms with Crippen molar-refractivity contribution in [1.82, 2.24) is 0 Å². The van der Waals surface area contributed by atoms with Crippen molar-refractivity contribution in [3.05, 3.63) is 30.1 Å². The Balaban J connectivity index is 0.00000121. The zero-order chi connectivity index (χ0) is 8.27. The van der Waals surface area contributed by atoms with Crippen LogP contribution in [0.1, 0.15) is 12.5 Å². The smallest absolute Gasteiger partial charge is 0.177 e. The normalized spacial score (nSPS) is 10.7. The van der Waals surface area contributed by atoms with Gasteiger partial charge in [-0.05, 0) is 13.0 Å². The first-order chi connectivity index (χ1) is 5.24. The van der Waals surface area contributed by atoms with Gasteiger partial charge >= 0.3 is 0 Å². The summed E-state index contributed by atoms with van der Waals surface area (Å²) in [6.07, 6.45) is 3.82. The fourth-order valence-electron chi connectivity index (χ4n) is 0.860. The summed E-state index contributed by atoms with van der Waals surface area (Å²) >= 11 is 0. The summed E-state index contributed by atoms with van der Waals surface area (Å²) in [7, 11) is 1.92. The Hall–Kier alpha value is -0.650. The molecule has 0 aliphatic rings. The van der Waals surface area contributed by atoms with E-state index in [1.54, 1.807) is 6.92 Å². The Morgan fingerprint density at radius 2 is 2.25 bits per heavy atom. The lowest BCUT2D eigenvalue weighted by Gasteiger charge is -1.93. The Kier molecular flexibility index (Phi) is 4.80. The van der Waals surface area contributed by atoms with E-state index in [9.17, 15) is 0 Å². The minimum absolute atomic E-state index is 0. The predicted octanol–water partition coefficient (Wildman–Crippen LogP) is -2.29. The van der Waals surface area contributed by atoms with Crippen LogP contribution in [0.4, 0.5) is 0 Å². The Labute approximate surface area is 88.7 Å². The zero-order valence-electron chi connectivity index (χ0n) is 7.03. The number of aryl methyl sites for hydroxylation is 1. The van der Waals surface area contributed by atoms with Crippen LogP contribution in [0.2, 0.25) is 0 Å². The molecule has 0 amide bonds. The molecule has 0 radical (unpaired) electrons. The molecule has 0 bridgehead atoms. The number of pyridine rings is 1. The first-order valence-electron chi connectivity index (χ1n) is 3.38. The van der Waals surface area contributed by atoms with E-state index < -0.39 is 0 Å². The molecule has 12 heavy (non-hydrogen) atoms. The molecule has 66 valence electrons. The first kappa shape index (κ1) is 11.4. The lowest BCUT2D eigenvalue weighted by atomic mass is 10.2. The second-order valence-corrected chi connectivity index (χ2v) is 2.44. The van der Waals surface area contributed by atoms with Crippen LogP contribution in [0.3, 0.4) is 0 Å². The quantitative estimate of drug-likeness (QED) is 0.203. The molecular formula is C8H11IN2O. The average Bonchev–Trinajstić information content (AvgIpc) is 2.03. The molecule has 1 heterocycles. The highest BCUT2D eigenvalue weighted by molar-refractivity contribution is 5.97. The van der Waals surface area contributed by atoms with Gasteiger partial charge in [-0.3, -0.25) is 0 Å². The van der Waals surface area contributed by atoms with E-state index in [2.05, 4.69) is 5.16 Å². The number of rotatable bonds is 1. The van der Waals surface area contributed by atoms with Crippen LogP contribution < -0.4 is 28.5 Å². The maximum atomic E-state index is 8.46. The highest BCUT2D eigenvalue weighted by Gasteiger charge is 2.00. The summed E-state index contributed by atoms with van der Waals surface area (Å²) in [6, 6.07) is 3.80. The SMILES string of the molecule is CC(=NO)c1ccc[n+](C)c1.[I-]. The monoisotopic (exact) mass is 278 g/mol. The third kappa shape index (κ3) is 2.77. The zero-order valence-corrected chi connectivity index (χ0v) is 9.19. The van der Waals surface area contributed by atoms with Crippen LogP contribution >= 0.6 is 0 Å². The largest absolute Gasteiger partial charge is 1.00 e. The van der Waals surface area contributed by atoms with Gasteiger partial charge in [0.15, 0.2) is 12.4 Å². The van der Waals surface area contributed by atoms with Gasteiger partial charge in [-0.2, -0.15) is 0 Å². The molecule has 1 rings (SSSR count). The second kappa shape index (κ2) is 5.08. The van der Waals surface area contributed by atoms with Crippen LogP contribution in [0.25, 0.3) is 0 Å². The molecule has 0 atom stereocenters. The summed E-state index contributed by atoms with van der Waals surface area (Å²) in [5.41, 5.74) is 1.55. The summed E-state index contributed by atoms with van der Waals surface area (Å²) in [5, 5.41) is 11.6. The van der Waals surface area contributed by atoms with E-state index in [4.69, 9.17) is 5.21 Å². The van der Waals surface area contributed by atoms with Crippen LogP contribution in [0.15, 0.2) is 29.7 Å². The maximum absolute atomic E-state index is 8.46. The van der Waals surface area contributed by atoms with E-state index >= 15 is 0 Å². The van der Waals surface area contributed by atoms with Crippen molar-refractivity contribution in [3.8, 4) is 0 Å². The molecule has 0 saturated heterocycles. The summed E-state index contributed by atoms with van der Waals surface area (Å²) < 4.78 is 1.91. The molecule has 0 aliphatic carbocycles. The molecule has 1 aromatic rings. The molecule has 4 heteroatoms. The molecule has 0 unspecified atom stereocenters. The van der Waals surface area contributed by atoms with Gasteiger partial charge in [0.2, 0.25) is 0 Å². The van der Waals surface area contributed by atoms with Gasteiger partial charge in [0.05, 0.1) is 11.3 Å². The van der Waals surface area contributed by atoms with E-state index in [-0.39, 0.29) is 24.0 Å². The topological polar surface area (TPSA) is 36.5 Å². The van der Waals surface area contributed by atoms with Gasteiger partial charge in [-0.1, -0.05) is 5.16 Å². The van der Waals surface area contributed by atoms with E-state index in [0.717, 1.165) is 5.56 Å². The minimum atomic E-state index is 0. The molecule has 0 spiro atoms. The van der Waals surface area contributed by atoms with Crippen molar-refractivity contribution in [2.24, 2.45) is 12.2 Å². The first-order valence-corrected chi connectivity index (χ1v) is 3.38. The molecule has 0 saturated carbocycles. The Morgan fingerprint density at radius 1 is 1.58 bits per heavy atom. The fourth-order valence-corrected chi connectivity index (χ4v) is 0.860. The molecular weight excluding hydrogens is 267 g/mol. The van der Waals surface area contributed by atoms with Crippen LogP contribution in [0, 0.1) is 0 Å². The highest BCUT2D eigenvalue weighted by atomic mass is 127. The Morgan fingerprint density at radius 3 is 2.75 bits per heavy atom. The third-order valence-corrected chi connectivity index (χ3v) is 1.51. The number of nitrogens with zero attached hydrogens (tertiary/aromatic N) is 2. The molecule has 1 N–H and O–H groups in total. The highest BCUT2D eigenvalue weighted by Crippen LogP contribution is 1.95. The van der Waals surface area contributed by atoms with Gasteiger partial charge in [-0.15, -0.1) is 0 Å². The fraction of sp³-hybridized carbons (Fsp3) is 0.250. The van der Waals surface area contributed by atoms with Gasteiger partial charge in [0.25, 0.3) is 0 Å². The van der Waals surface area contributed by atoms with Gasteiger partial charge in [0.1, 0.15) is 7.05 Å². The van der Waals surface area contributed by atoms with Crippen molar-refractivity contribution < 1.29 is 33.8 Å². The standard InChI is InChI=1S/C8H10N2O.HI/c1-7(9-11)8-4-3-5-10(2)6-8;/h3-6H,1-2H3;1H. The lowest BCUT2D eigenvalue weighted by Crippen LogP contribution is -3.00. The number of aromatic nitrogens is 1. The Bertz CT molecular complexity index is 286. The second-order valence-electron chi connectivity index (χ2n) is 2.44. The number of halogens is 1. The summed E-state index contributed by atoms with van der Waals surface area (Å²) in [5.74, 6) is 0. The van der Waals surface area contributed by atoms with Crippen molar-refractivity contribution in [2.75, 3.05) is 0 Å². The maximum Gasteiger partial charge on any atom is 0.177 e. The van der Waals surface area contributed by atoms with E-state index in [0.29, 0.717) is 5.71 Å². The van der Waals surface area contributed by atoms with Crippen LogP contribution in [-0.2, 0) is 7.05 Å². The number of hydrogen-bond donors (Lipinski definition) is 1. The van der Waals surface area contributed by atoms with Crippen molar-refractivity contribution in [3.63, 3.8) is 0 Å². The molecule has 1 aromatic heterocycles. The lowest BCUT2D eigenvalue weighted by molar-refractivity contribution is -0.671. The van der Waals surface area contributed by atoms with Gasteiger partial charge in [-0.25, -0.2) is 4.57 Å². The molecule has 3 nitrogen and oxygen atoms in total. The molecule has 0 aliphatic heterocycles. The summed E-state index contributed by atoms with van der Waals surface area (Å²) in [4.78, 5) is 0. The van der Waals surface area contributed by atoms with Crippen molar-refractivity contribution >= 4 is 5.71 Å². The molecule has 0 fully saturated rings. The van der Waals surface area contributed by atoms with Crippen molar-refractivity contribution in [1.29, 1.82) is 0 Å².